The van der Waals surface area contributed by atoms with Crippen molar-refractivity contribution in [1.82, 2.24) is 9.88 Å². The van der Waals surface area contributed by atoms with E-state index in [1.54, 1.807) is 6.07 Å². The van der Waals surface area contributed by atoms with Gasteiger partial charge in [0.1, 0.15) is 11.7 Å². The number of methoxy groups -OCH3 is 1. The topological polar surface area (TPSA) is 60.3 Å². The molecule has 112 valence electrons. The molecule has 1 amide bonds. The average Bonchev–Trinajstić information content (AvgIpc) is 2.77. The molecule has 0 saturated heterocycles. The first-order chi connectivity index (χ1) is 9.38. The standard InChI is InChI=1S/C14H21BrN2O3/c1-5-17-8-10(15)7-12(17)13(18)16-11(6-9(2)3)14(19)20-4/h7-9,11H,5-6H2,1-4H3,(H,16,18). The van der Waals surface area contributed by atoms with Gasteiger partial charge in [0.25, 0.3) is 5.91 Å². The fraction of sp³-hybridized carbons (Fsp3) is 0.571. The number of halogens is 1. The van der Waals surface area contributed by atoms with Crippen LogP contribution in [0.25, 0.3) is 0 Å². The van der Waals surface area contributed by atoms with Crippen LogP contribution in [-0.4, -0.2) is 29.6 Å². The van der Waals surface area contributed by atoms with Gasteiger partial charge in [0.2, 0.25) is 0 Å². The van der Waals surface area contributed by atoms with Gasteiger partial charge >= 0.3 is 5.97 Å². The second-order valence-corrected chi connectivity index (χ2v) is 5.92. The molecule has 0 radical (unpaired) electrons. The number of nitrogens with zero attached hydrogens (tertiary/aromatic N) is 1. The third-order valence-electron chi connectivity index (χ3n) is 2.93. The Morgan fingerprint density at radius 3 is 2.60 bits per heavy atom. The van der Waals surface area contributed by atoms with Crippen LogP contribution >= 0.6 is 15.9 Å². The van der Waals surface area contributed by atoms with Crippen LogP contribution in [0.1, 0.15) is 37.7 Å². The van der Waals surface area contributed by atoms with Gasteiger partial charge in [-0.15, -0.1) is 0 Å². The molecule has 1 heterocycles. The van der Waals surface area contributed by atoms with Crippen LogP contribution in [0, 0.1) is 5.92 Å². The van der Waals surface area contributed by atoms with E-state index in [1.807, 2.05) is 31.5 Å². The summed E-state index contributed by atoms with van der Waals surface area (Å²) in [7, 11) is 1.33. The van der Waals surface area contributed by atoms with Crippen molar-refractivity contribution in [2.75, 3.05) is 7.11 Å². The van der Waals surface area contributed by atoms with E-state index in [1.165, 1.54) is 7.11 Å². The summed E-state index contributed by atoms with van der Waals surface area (Å²) in [6.45, 7) is 6.62. The number of ether oxygens (including phenoxy) is 1. The molecule has 0 saturated carbocycles. The lowest BCUT2D eigenvalue weighted by atomic mass is 10.0. The second kappa shape index (κ2) is 7.47. The van der Waals surface area contributed by atoms with Gasteiger partial charge in [-0.05, 0) is 41.3 Å². The monoisotopic (exact) mass is 344 g/mol. The predicted octanol–water partition coefficient (Wildman–Crippen LogP) is 2.59. The molecule has 0 fully saturated rings. The SMILES string of the molecule is CCn1cc(Br)cc1C(=O)NC(CC(C)C)C(=O)OC. The molecule has 5 nitrogen and oxygen atoms in total. The molecule has 0 aromatic carbocycles. The lowest BCUT2D eigenvalue weighted by molar-refractivity contribution is -0.143. The van der Waals surface area contributed by atoms with E-state index in [0.29, 0.717) is 18.7 Å². The number of esters is 1. The molecular weight excluding hydrogens is 324 g/mol. The summed E-state index contributed by atoms with van der Waals surface area (Å²) in [4.78, 5) is 24.0. The molecule has 20 heavy (non-hydrogen) atoms. The molecule has 1 unspecified atom stereocenters. The summed E-state index contributed by atoms with van der Waals surface area (Å²) in [6.07, 6.45) is 2.39. The molecular formula is C14H21BrN2O3. The number of aryl methyl sites for hydroxylation is 1. The Balaban J connectivity index is 2.87. The van der Waals surface area contributed by atoms with E-state index in [9.17, 15) is 9.59 Å². The highest BCUT2D eigenvalue weighted by Crippen LogP contribution is 2.16. The zero-order valence-electron chi connectivity index (χ0n) is 12.3. The van der Waals surface area contributed by atoms with Gasteiger partial charge in [-0.1, -0.05) is 13.8 Å². The van der Waals surface area contributed by atoms with Crippen molar-refractivity contribution in [3.63, 3.8) is 0 Å². The molecule has 0 aliphatic rings. The maximum atomic E-state index is 12.3. The van der Waals surface area contributed by atoms with E-state index in [-0.39, 0.29) is 11.8 Å². The van der Waals surface area contributed by atoms with E-state index < -0.39 is 12.0 Å². The number of nitrogens with one attached hydrogen (secondary N) is 1. The third-order valence-corrected chi connectivity index (χ3v) is 3.37. The first-order valence-electron chi connectivity index (χ1n) is 6.63. The molecule has 0 aliphatic heterocycles. The van der Waals surface area contributed by atoms with Crippen molar-refractivity contribution < 1.29 is 14.3 Å². The van der Waals surface area contributed by atoms with Gasteiger partial charge in [0, 0.05) is 17.2 Å². The number of hydrogen-bond donors (Lipinski definition) is 1. The van der Waals surface area contributed by atoms with E-state index in [0.717, 1.165) is 4.47 Å². The molecule has 0 spiro atoms. The largest absolute Gasteiger partial charge is 0.467 e. The summed E-state index contributed by atoms with van der Waals surface area (Å²) in [5.41, 5.74) is 0.525. The normalized spacial score (nSPS) is 12.3. The van der Waals surface area contributed by atoms with Crippen LogP contribution in [0.2, 0.25) is 0 Å². The Morgan fingerprint density at radius 1 is 1.45 bits per heavy atom. The minimum absolute atomic E-state index is 0.270. The Morgan fingerprint density at radius 2 is 2.10 bits per heavy atom. The van der Waals surface area contributed by atoms with Crippen LogP contribution in [-0.2, 0) is 16.1 Å². The van der Waals surface area contributed by atoms with Gasteiger partial charge < -0.3 is 14.6 Å². The molecule has 6 heteroatoms. The lowest BCUT2D eigenvalue weighted by Gasteiger charge is -2.18. The Kier molecular flexibility index (Phi) is 6.26. The molecule has 0 bridgehead atoms. The van der Waals surface area contributed by atoms with E-state index in [4.69, 9.17) is 4.74 Å². The third kappa shape index (κ3) is 4.37. The number of carbonyl (C=O) groups excluding carboxylic acids is 2. The van der Waals surface area contributed by atoms with Crippen molar-refractivity contribution in [2.24, 2.45) is 5.92 Å². The summed E-state index contributed by atoms with van der Waals surface area (Å²) < 4.78 is 7.40. The fourth-order valence-electron chi connectivity index (χ4n) is 1.99. The van der Waals surface area contributed by atoms with Gasteiger partial charge in [-0.2, -0.15) is 0 Å². The van der Waals surface area contributed by atoms with Crippen molar-refractivity contribution >= 4 is 27.8 Å². The number of aromatic nitrogens is 1. The molecule has 1 N–H and O–H groups in total. The van der Waals surface area contributed by atoms with Crippen LogP contribution in [0.4, 0.5) is 0 Å². The molecule has 1 aromatic rings. The van der Waals surface area contributed by atoms with Crippen molar-refractivity contribution in [2.45, 2.75) is 39.8 Å². The maximum Gasteiger partial charge on any atom is 0.328 e. The first-order valence-corrected chi connectivity index (χ1v) is 7.42. The number of hydrogen-bond acceptors (Lipinski definition) is 3. The number of amides is 1. The zero-order valence-corrected chi connectivity index (χ0v) is 13.9. The quantitative estimate of drug-likeness (QED) is 0.807. The van der Waals surface area contributed by atoms with Crippen molar-refractivity contribution in [3.05, 3.63) is 22.4 Å². The van der Waals surface area contributed by atoms with Crippen LogP contribution in [0.5, 0.6) is 0 Å². The van der Waals surface area contributed by atoms with E-state index in [2.05, 4.69) is 21.2 Å². The van der Waals surface area contributed by atoms with Crippen LogP contribution < -0.4 is 5.32 Å². The first kappa shape index (κ1) is 16.8. The van der Waals surface area contributed by atoms with Crippen molar-refractivity contribution in [3.8, 4) is 0 Å². The Hall–Kier alpha value is -1.30. The Bertz CT molecular complexity index is 483. The Labute approximate surface area is 127 Å². The summed E-state index contributed by atoms with van der Waals surface area (Å²) in [5, 5.41) is 2.75. The van der Waals surface area contributed by atoms with Crippen LogP contribution in [0.15, 0.2) is 16.7 Å². The van der Waals surface area contributed by atoms with Gasteiger partial charge in [0.15, 0.2) is 0 Å². The average molecular weight is 345 g/mol. The molecule has 1 atom stereocenters. The predicted molar refractivity (Wildman–Crippen MR) is 80.5 cm³/mol. The van der Waals surface area contributed by atoms with E-state index >= 15 is 0 Å². The van der Waals surface area contributed by atoms with Gasteiger partial charge in [0.05, 0.1) is 7.11 Å². The fourth-order valence-corrected chi connectivity index (χ4v) is 2.45. The minimum atomic E-state index is -0.619. The molecule has 1 aromatic heterocycles. The summed E-state index contributed by atoms with van der Waals surface area (Å²) in [5.74, 6) is -0.404. The minimum Gasteiger partial charge on any atom is -0.467 e. The number of carbonyl (C=O) groups is 2. The van der Waals surface area contributed by atoms with Gasteiger partial charge in [-0.25, -0.2) is 4.79 Å². The number of rotatable bonds is 6. The second-order valence-electron chi connectivity index (χ2n) is 5.01. The lowest BCUT2D eigenvalue weighted by Crippen LogP contribution is -2.43. The molecule has 0 aliphatic carbocycles. The van der Waals surface area contributed by atoms with Crippen LogP contribution in [0.3, 0.4) is 0 Å². The smallest absolute Gasteiger partial charge is 0.328 e. The zero-order chi connectivity index (χ0) is 15.3. The highest BCUT2D eigenvalue weighted by Gasteiger charge is 2.24. The highest BCUT2D eigenvalue weighted by atomic mass is 79.9. The summed E-state index contributed by atoms with van der Waals surface area (Å²) >= 11 is 3.35. The maximum absolute atomic E-state index is 12.3. The summed E-state index contributed by atoms with van der Waals surface area (Å²) in [6, 6.07) is 1.12. The highest BCUT2D eigenvalue weighted by molar-refractivity contribution is 9.10. The molecule has 1 rings (SSSR count). The van der Waals surface area contributed by atoms with Crippen molar-refractivity contribution in [1.29, 1.82) is 0 Å². The van der Waals surface area contributed by atoms with Gasteiger partial charge in [-0.3, -0.25) is 4.79 Å².